The predicted octanol–water partition coefficient (Wildman–Crippen LogP) is 1.76. The molecule has 0 fully saturated rings. The third kappa shape index (κ3) is 2.09. The quantitative estimate of drug-likeness (QED) is 0.777. The van der Waals surface area contributed by atoms with Gasteiger partial charge in [0.15, 0.2) is 0 Å². The number of nitrogens with zero attached hydrogens (tertiary/aromatic N) is 4. The van der Waals surface area contributed by atoms with Gasteiger partial charge < -0.3 is 4.74 Å². The van der Waals surface area contributed by atoms with E-state index in [-0.39, 0.29) is 0 Å². The highest BCUT2D eigenvalue weighted by atomic mass is 16.5. The second kappa shape index (κ2) is 4.38. The number of aryl methyl sites for hydroxylation is 1. The maximum absolute atomic E-state index is 8.97. The van der Waals surface area contributed by atoms with E-state index in [0.717, 1.165) is 0 Å². The molecule has 1 aromatic heterocycles. The molecule has 2 rings (SSSR count). The summed E-state index contributed by atoms with van der Waals surface area (Å²) in [6.07, 6.45) is 2.63. The van der Waals surface area contributed by atoms with Crippen LogP contribution in [0.2, 0.25) is 0 Å². The average Bonchev–Trinajstić information content (AvgIpc) is 2.75. The van der Waals surface area contributed by atoms with E-state index in [1.54, 1.807) is 25.2 Å². The van der Waals surface area contributed by atoms with Crippen molar-refractivity contribution in [2.24, 2.45) is 7.05 Å². The molecule has 17 heavy (non-hydrogen) atoms. The number of ether oxygens (including phenoxy) is 1. The Labute approximate surface area is 98.1 Å². The lowest BCUT2D eigenvalue weighted by Gasteiger charge is -2.06. The Morgan fingerprint density at radius 1 is 1.35 bits per heavy atom. The number of hydrogen-bond acceptors (Lipinski definition) is 4. The van der Waals surface area contributed by atoms with Gasteiger partial charge in [-0.2, -0.15) is 15.6 Å². The van der Waals surface area contributed by atoms with Crippen molar-refractivity contribution in [3.8, 4) is 23.8 Å². The van der Waals surface area contributed by atoms with Crippen molar-refractivity contribution in [1.82, 2.24) is 9.78 Å². The minimum atomic E-state index is 0.310. The summed E-state index contributed by atoms with van der Waals surface area (Å²) in [7, 11) is 1.71. The van der Waals surface area contributed by atoms with E-state index in [9.17, 15) is 0 Å². The fourth-order valence-corrected chi connectivity index (χ4v) is 1.30. The van der Waals surface area contributed by atoms with Crippen LogP contribution in [0, 0.1) is 28.9 Å². The van der Waals surface area contributed by atoms with E-state index in [4.69, 9.17) is 15.3 Å². The SMILES string of the molecule is Cn1n[c]cc1Oc1ccc(C#N)cc1C#N. The first-order chi connectivity index (χ1) is 8.24. The van der Waals surface area contributed by atoms with Crippen molar-refractivity contribution in [3.05, 3.63) is 41.6 Å². The summed E-state index contributed by atoms with van der Waals surface area (Å²) in [5.74, 6) is 0.870. The van der Waals surface area contributed by atoms with Crippen LogP contribution in [0.4, 0.5) is 0 Å². The Morgan fingerprint density at radius 3 is 2.76 bits per heavy atom. The van der Waals surface area contributed by atoms with Crippen molar-refractivity contribution in [2.45, 2.75) is 0 Å². The van der Waals surface area contributed by atoms with Crippen LogP contribution in [0.3, 0.4) is 0 Å². The van der Waals surface area contributed by atoms with E-state index in [1.807, 2.05) is 12.1 Å². The first-order valence-electron chi connectivity index (χ1n) is 4.77. The third-order valence-corrected chi connectivity index (χ3v) is 2.16. The molecule has 0 N–H and O–H groups in total. The summed E-state index contributed by atoms with van der Waals surface area (Å²) in [4.78, 5) is 0. The summed E-state index contributed by atoms with van der Waals surface area (Å²) in [5, 5.41) is 21.5. The number of benzene rings is 1. The van der Waals surface area contributed by atoms with Gasteiger partial charge in [0, 0.05) is 13.1 Å². The maximum atomic E-state index is 8.97. The van der Waals surface area contributed by atoms with Crippen molar-refractivity contribution < 1.29 is 4.74 Å². The molecule has 0 atom stereocenters. The highest BCUT2D eigenvalue weighted by Crippen LogP contribution is 2.24. The average molecular weight is 223 g/mol. The van der Waals surface area contributed by atoms with Crippen LogP contribution in [-0.2, 0) is 7.05 Å². The fourth-order valence-electron chi connectivity index (χ4n) is 1.30. The molecule has 0 unspecified atom stereocenters. The molecule has 0 aliphatic carbocycles. The van der Waals surface area contributed by atoms with Crippen LogP contribution in [-0.4, -0.2) is 9.78 Å². The fraction of sp³-hybridized carbons (Fsp3) is 0.0833. The standard InChI is InChI=1S/C12H7N4O/c1-16-12(4-5-15-16)17-11-3-2-9(7-13)6-10(11)8-14/h2-4,6H,1H3. The third-order valence-electron chi connectivity index (χ3n) is 2.16. The zero-order chi connectivity index (χ0) is 12.3. The molecule has 0 bridgehead atoms. The highest BCUT2D eigenvalue weighted by molar-refractivity contribution is 5.49. The zero-order valence-electron chi connectivity index (χ0n) is 9.01. The normalized spacial score (nSPS) is 9.35. The van der Waals surface area contributed by atoms with Gasteiger partial charge in [-0.1, -0.05) is 0 Å². The molecule has 5 nitrogen and oxygen atoms in total. The molecule has 0 aliphatic heterocycles. The second-order valence-corrected chi connectivity index (χ2v) is 3.27. The molecular weight excluding hydrogens is 216 g/mol. The Bertz CT molecular complexity index is 631. The van der Waals surface area contributed by atoms with Crippen LogP contribution in [0.1, 0.15) is 11.1 Å². The van der Waals surface area contributed by atoms with Crippen LogP contribution in [0.5, 0.6) is 11.6 Å². The lowest BCUT2D eigenvalue weighted by atomic mass is 10.1. The second-order valence-electron chi connectivity index (χ2n) is 3.27. The molecule has 1 heterocycles. The zero-order valence-corrected chi connectivity index (χ0v) is 9.01. The molecule has 5 heteroatoms. The summed E-state index contributed by atoms with van der Waals surface area (Å²) in [6, 6.07) is 10.2. The number of hydrogen-bond donors (Lipinski definition) is 0. The van der Waals surface area contributed by atoms with Gasteiger partial charge in [0.05, 0.1) is 17.2 Å². The molecule has 81 valence electrons. The monoisotopic (exact) mass is 223 g/mol. The topological polar surface area (TPSA) is 74.6 Å². The molecule has 0 saturated carbocycles. The first-order valence-corrected chi connectivity index (χ1v) is 4.77. The lowest BCUT2D eigenvalue weighted by Crippen LogP contribution is -1.96. The molecule has 0 saturated heterocycles. The largest absolute Gasteiger partial charge is 0.438 e. The van der Waals surface area contributed by atoms with Crippen LogP contribution in [0.15, 0.2) is 24.3 Å². The van der Waals surface area contributed by atoms with Gasteiger partial charge in [-0.15, -0.1) is 0 Å². The van der Waals surface area contributed by atoms with Gasteiger partial charge in [-0.25, -0.2) is 4.68 Å². The lowest BCUT2D eigenvalue weighted by molar-refractivity contribution is 0.429. The minimum absolute atomic E-state index is 0.310. The summed E-state index contributed by atoms with van der Waals surface area (Å²) < 4.78 is 7.01. The van der Waals surface area contributed by atoms with E-state index in [1.165, 1.54) is 10.7 Å². The molecule has 1 aromatic carbocycles. The molecule has 0 aliphatic rings. The van der Waals surface area contributed by atoms with E-state index in [2.05, 4.69) is 11.3 Å². The summed E-state index contributed by atoms with van der Waals surface area (Å²) >= 11 is 0. The highest BCUT2D eigenvalue weighted by Gasteiger charge is 2.08. The summed E-state index contributed by atoms with van der Waals surface area (Å²) in [6.45, 7) is 0. The molecular formula is C12H7N4O. The molecule has 0 amide bonds. The Hall–Kier alpha value is -2.79. The molecule has 2 aromatic rings. The van der Waals surface area contributed by atoms with E-state index < -0.39 is 0 Å². The van der Waals surface area contributed by atoms with Gasteiger partial charge in [0.25, 0.3) is 0 Å². The molecule has 0 spiro atoms. The minimum Gasteiger partial charge on any atom is -0.438 e. The van der Waals surface area contributed by atoms with Crippen molar-refractivity contribution in [3.63, 3.8) is 0 Å². The van der Waals surface area contributed by atoms with Crippen molar-refractivity contribution in [1.29, 1.82) is 10.5 Å². The Balaban J connectivity index is 2.38. The van der Waals surface area contributed by atoms with Gasteiger partial charge in [-0.3, -0.25) is 0 Å². The Kier molecular flexibility index (Phi) is 2.76. The van der Waals surface area contributed by atoms with E-state index in [0.29, 0.717) is 22.8 Å². The van der Waals surface area contributed by atoms with Crippen LogP contribution < -0.4 is 4.74 Å². The number of nitriles is 2. The van der Waals surface area contributed by atoms with E-state index >= 15 is 0 Å². The van der Waals surface area contributed by atoms with Crippen molar-refractivity contribution in [2.75, 3.05) is 0 Å². The summed E-state index contributed by atoms with van der Waals surface area (Å²) in [5.41, 5.74) is 0.732. The number of rotatable bonds is 2. The maximum Gasteiger partial charge on any atom is 0.218 e. The van der Waals surface area contributed by atoms with Crippen LogP contribution in [0.25, 0.3) is 0 Å². The first kappa shape index (κ1) is 10.7. The Morgan fingerprint density at radius 2 is 2.18 bits per heavy atom. The van der Waals surface area contributed by atoms with Gasteiger partial charge in [0.1, 0.15) is 18.0 Å². The van der Waals surface area contributed by atoms with Crippen molar-refractivity contribution >= 4 is 0 Å². The van der Waals surface area contributed by atoms with Gasteiger partial charge in [-0.05, 0) is 18.2 Å². The number of aromatic nitrogens is 2. The predicted molar refractivity (Wildman–Crippen MR) is 58.0 cm³/mol. The van der Waals surface area contributed by atoms with Gasteiger partial charge >= 0.3 is 0 Å². The molecule has 1 radical (unpaired) electrons. The van der Waals surface area contributed by atoms with Gasteiger partial charge in [0.2, 0.25) is 5.88 Å². The van der Waals surface area contributed by atoms with Crippen LogP contribution >= 0.6 is 0 Å². The smallest absolute Gasteiger partial charge is 0.218 e.